The summed E-state index contributed by atoms with van der Waals surface area (Å²) >= 11 is 0. The van der Waals surface area contributed by atoms with Crippen LogP contribution in [-0.4, -0.2) is 28.9 Å². The highest BCUT2D eigenvalue weighted by Gasteiger charge is 2.39. The summed E-state index contributed by atoms with van der Waals surface area (Å²) in [5, 5.41) is 11.9. The number of aryl methyl sites for hydroxylation is 1. The van der Waals surface area contributed by atoms with Gasteiger partial charge in [-0.15, -0.1) is 0 Å². The molecule has 2 aromatic rings. The number of carbonyl (C=O) groups is 3. The number of nitrogens with one attached hydrogen (secondary N) is 1. The average molecular weight is 352 g/mol. The lowest BCUT2D eigenvalue weighted by atomic mass is 10.1. The molecule has 2 aromatic carbocycles. The van der Waals surface area contributed by atoms with E-state index in [4.69, 9.17) is 5.11 Å². The number of benzene rings is 2. The molecule has 0 spiro atoms. The van der Waals surface area contributed by atoms with Crippen molar-refractivity contribution < 1.29 is 19.5 Å². The van der Waals surface area contributed by atoms with Crippen molar-refractivity contribution in [3.05, 3.63) is 59.7 Å². The third kappa shape index (κ3) is 3.74. The van der Waals surface area contributed by atoms with Crippen LogP contribution in [0, 0.1) is 0 Å². The van der Waals surface area contributed by atoms with Crippen LogP contribution in [0.25, 0.3) is 0 Å². The Balaban J connectivity index is 1.72. The number of carbonyl (C=O) groups excluding carboxylic acids is 2. The van der Waals surface area contributed by atoms with Crippen molar-refractivity contribution in [2.45, 2.75) is 32.2 Å². The average Bonchev–Trinajstić information content (AvgIpc) is 2.89. The van der Waals surface area contributed by atoms with Crippen LogP contribution in [0.3, 0.4) is 0 Å². The van der Waals surface area contributed by atoms with Gasteiger partial charge in [0.05, 0.1) is 18.5 Å². The van der Waals surface area contributed by atoms with E-state index in [9.17, 15) is 14.4 Å². The fourth-order valence-electron chi connectivity index (χ4n) is 2.99. The largest absolute Gasteiger partial charge is 0.481 e. The van der Waals surface area contributed by atoms with E-state index in [-0.39, 0.29) is 24.7 Å². The predicted octanol–water partition coefficient (Wildman–Crippen LogP) is 2.62. The third-order valence-corrected chi connectivity index (χ3v) is 4.40. The zero-order chi connectivity index (χ0) is 18.7. The summed E-state index contributed by atoms with van der Waals surface area (Å²) in [6.45, 7) is 2.07. The summed E-state index contributed by atoms with van der Waals surface area (Å²) < 4.78 is 0. The number of imide groups is 1. The van der Waals surface area contributed by atoms with Crippen LogP contribution >= 0.6 is 0 Å². The first-order valence-corrected chi connectivity index (χ1v) is 8.51. The maximum absolute atomic E-state index is 12.7. The zero-order valence-electron chi connectivity index (χ0n) is 14.4. The monoisotopic (exact) mass is 352 g/mol. The van der Waals surface area contributed by atoms with Crippen molar-refractivity contribution in [1.82, 2.24) is 0 Å². The molecule has 6 heteroatoms. The standard InChI is InChI=1S/C20H20N2O4/c1-2-13-3-7-15(8-4-13)21-17-12-18(23)22(20(17)26)16-9-5-14(6-10-16)11-19(24)25/h3-10,17,21H,2,11-12H2,1H3,(H,24,25). The highest BCUT2D eigenvalue weighted by atomic mass is 16.4. The molecule has 0 aliphatic carbocycles. The fraction of sp³-hybridized carbons (Fsp3) is 0.250. The summed E-state index contributed by atoms with van der Waals surface area (Å²) in [5.74, 6) is -1.51. The molecule has 1 saturated heterocycles. The van der Waals surface area contributed by atoms with Crippen molar-refractivity contribution in [2.24, 2.45) is 0 Å². The Kier molecular flexibility index (Phi) is 5.02. The normalized spacial score (nSPS) is 16.8. The molecule has 0 bridgehead atoms. The van der Waals surface area contributed by atoms with E-state index in [2.05, 4.69) is 12.2 Å². The Labute approximate surface area is 151 Å². The molecule has 1 heterocycles. The van der Waals surface area contributed by atoms with Gasteiger partial charge in [-0.3, -0.25) is 14.4 Å². The second-order valence-electron chi connectivity index (χ2n) is 6.26. The first-order chi connectivity index (χ1) is 12.5. The molecule has 6 nitrogen and oxygen atoms in total. The minimum absolute atomic E-state index is 0.0885. The maximum atomic E-state index is 12.7. The molecule has 1 aliphatic heterocycles. The summed E-state index contributed by atoms with van der Waals surface area (Å²) in [5.41, 5.74) is 3.07. The molecule has 3 rings (SSSR count). The molecule has 0 saturated carbocycles. The first kappa shape index (κ1) is 17.7. The minimum atomic E-state index is -0.926. The molecule has 2 N–H and O–H groups in total. The number of carboxylic acid groups (broad SMARTS) is 1. The van der Waals surface area contributed by atoms with Crippen LogP contribution < -0.4 is 10.2 Å². The van der Waals surface area contributed by atoms with Crippen molar-refractivity contribution in [2.75, 3.05) is 10.2 Å². The lowest BCUT2D eigenvalue weighted by Gasteiger charge is -2.16. The summed E-state index contributed by atoms with van der Waals surface area (Å²) in [6.07, 6.45) is 0.929. The lowest BCUT2D eigenvalue weighted by Crippen LogP contribution is -2.34. The van der Waals surface area contributed by atoms with Gasteiger partial charge in [0.1, 0.15) is 6.04 Å². The molecule has 1 fully saturated rings. The van der Waals surface area contributed by atoms with E-state index >= 15 is 0 Å². The summed E-state index contributed by atoms with van der Waals surface area (Å²) in [6, 6.07) is 13.6. The van der Waals surface area contributed by atoms with Gasteiger partial charge in [0, 0.05) is 5.69 Å². The van der Waals surface area contributed by atoms with Crippen molar-refractivity contribution in [3.8, 4) is 0 Å². The quantitative estimate of drug-likeness (QED) is 0.781. The lowest BCUT2D eigenvalue weighted by molar-refractivity contribution is -0.136. The SMILES string of the molecule is CCc1ccc(NC2CC(=O)N(c3ccc(CC(=O)O)cc3)C2=O)cc1. The maximum Gasteiger partial charge on any atom is 0.307 e. The molecule has 134 valence electrons. The minimum Gasteiger partial charge on any atom is -0.481 e. The molecule has 1 unspecified atom stereocenters. The number of aliphatic carboxylic acids is 1. The van der Waals surface area contributed by atoms with Crippen molar-refractivity contribution >= 4 is 29.2 Å². The van der Waals surface area contributed by atoms with E-state index in [1.54, 1.807) is 24.3 Å². The highest BCUT2D eigenvalue weighted by Crippen LogP contribution is 2.25. The second kappa shape index (κ2) is 7.39. The molecule has 26 heavy (non-hydrogen) atoms. The predicted molar refractivity (Wildman–Crippen MR) is 98.1 cm³/mol. The number of carboxylic acids is 1. The van der Waals surface area contributed by atoms with Crippen LogP contribution in [0.2, 0.25) is 0 Å². The number of hydrogen-bond acceptors (Lipinski definition) is 4. The van der Waals surface area contributed by atoms with Crippen LogP contribution in [0.4, 0.5) is 11.4 Å². The smallest absolute Gasteiger partial charge is 0.307 e. The van der Waals surface area contributed by atoms with Crippen molar-refractivity contribution in [1.29, 1.82) is 0 Å². The molecule has 1 atom stereocenters. The Morgan fingerprint density at radius 3 is 2.27 bits per heavy atom. The van der Waals surface area contributed by atoms with Crippen LogP contribution in [0.5, 0.6) is 0 Å². The number of nitrogens with zero attached hydrogens (tertiary/aromatic N) is 1. The topological polar surface area (TPSA) is 86.7 Å². The van der Waals surface area contributed by atoms with Gasteiger partial charge in [-0.1, -0.05) is 31.2 Å². The number of anilines is 2. The Hall–Kier alpha value is -3.15. The number of hydrogen-bond donors (Lipinski definition) is 2. The van der Waals surface area contributed by atoms with Gasteiger partial charge in [-0.25, -0.2) is 4.90 Å². The molecule has 1 aliphatic rings. The van der Waals surface area contributed by atoms with Gasteiger partial charge >= 0.3 is 5.97 Å². The van der Waals surface area contributed by atoms with Gasteiger partial charge in [0.25, 0.3) is 5.91 Å². The summed E-state index contributed by atoms with van der Waals surface area (Å²) in [4.78, 5) is 36.9. The van der Waals surface area contributed by atoms with Crippen LogP contribution in [-0.2, 0) is 27.2 Å². The molecule has 0 aromatic heterocycles. The van der Waals surface area contributed by atoms with E-state index in [1.165, 1.54) is 5.56 Å². The third-order valence-electron chi connectivity index (χ3n) is 4.40. The van der Waals surface area contributed by atoms with E-state index in [1.807, 2.05) is 24.3 Å². The Bertz CT molecular complexity index is 828. The van der Waals surface area contributed by atoms with Crippen LogP contribution in [0.15, 0.2) is 48.5 Å². The van der Waals surface area contributed by atoms with E-state index in [0.717, 1.165) is 17.0 Å². The Morgan fingerprint density at radius 1 is 1.08 bits per heavy atom. The molecule has 2 amide bonds. The second-order valence-corrected chi connectivity index (χ2v) is 6.26. The van der Waals surface area contributed by atoms with Gasteiger partial charge in [0.15, 0.2) is 0 Å². The number of rotatable bonds is 6. The van der Waals surface area contributed by atoms with E-state index < -0.39 is 12.0 Å². The molecule has 0 radical (unpaired) electrons. The van der Waals surface area contributed by atoms with Gasteiger partial charge in [-0.2, -0.15) is 0 Å². The molecular weight excluding hydrogens is 332 g/mol. The van der Waals surface area contributed by atoms with Crippen molar-refractivity contribution in [3.63, 3.8) is 0 Å². The van der Waals surface area contributed by atoms with Gasteiger partial charge < -0.3 is 10.4 Å². The highest BCUT2D eigenvalue weighted by molar-refractivity contribution is 6.23. The summed E-state index contributed by atoms with van der Waals surface area (Å²) in [7, 11) is 0. The van der Waals surface area contributed by atoms with Crippen LogP contribution in [0.1, 0.15) is 24.5 Å². The van der Waals surface area contributed by atoms with Gasteiger partial charge in [0.2, 0.25) is 5.91 Å². The van der Waals surface area contributed by atoms with E-state index in [0.29, 0.717) is 11.3 Å². The Morgan fingerprint density at radius 2 is 1.69 bits per heavy atom. The number of amides is 2. The van der Waals surface area contributed by atoms with Gasteiger partial charge in [-0.05, 0) is 41.8 Å². The fourth-order valence-corrected chi connectivity index (χ4v) is 2.99. The zero-order valence-corrected chi connectivity index (χ0v) is 14.4. The first-order valence-electron chi connectivity index (χ1n) is 8.51. The molecular formula is C20H20N2O4.